The number of methoxy groups -OCH3 is 1. The summed E-state index contributed by atoms with van der Waals surface area (Å²) in [6, 6.07) is 12.9. The van der Waals surface area contributed by atoms with Gasteiger partial charge in [-0.2, -0.15) is 10.1 Å². The highest BCUT2D eigenvalue weighted by molar-refractivity contribution is 5.94. The van der Waals surface area contributed by atoms with Crippen LogP contribution in [-0.4, -0.2) is 50.9 Å². The normalized spacial score (nSPS) is 14.0. The molecular formula is C21H19N5O4. The number of hydrogen-bond donors (Lipinski definition) is 0. The number of ether oxygens (including phenoxy) is 1. The average Bonchev–Trinajstić information content (AvgIpc) is 3.47. The summed E-state index contributed by atoms with van der Waals surface area (Å²) in [4.78, 5) is 19.1. The summed E-state index contributed by atoms with van der Waals surface area (Å²) < 4.78 is 17.6. The Balaban J connectivity index is 1.30. The third-order valence-corrected chi connectivity index (χ3v) is 5.18. The lowest BCUT2D eigenvalue weighted by Crippen LogP contribution is -2.49. The van der Waals surface area contributed by atoms with Crippen LogP contribution in [0.5, 0.6) is 5.75 Å². The van der Waals surface area contributed by atoms with Crippen molar-refractivity contribution < 1.29 is 18.5 Å². The van der Waals surface area contributed by atoms with E-state index < -0.39 is 0 Å². The molecule has 1 saturated heterocycles. The van der Waals surface area contributed by atoms with E-state index in [1.807, 2.05) is 24.3 Å². The molecule has 1 aromatic carbocycles. The monoisotopic (exact) mass is 405 g/mol. The Bertz CT molecular complexity index is 1190. The fourth-order valence-corrected chi connectivity index (χ4v) is 3.52. The van der Waals surface area contributed by atoms with Crippen molar-refractivity contribution in [2.75, 3.05) is 20.2 Å². The molecule has 1 fully saturated rings. The molecule has 1 amide bonds. The van der Waals surface area contributed by atoms with Crippen molar-refractivity contribution in [2.45, 2.75) is 5.92 Å². The summed E-state index contributed by atoms with van der Waals surface area (Å²) in [5.41, 5.74) is 2.04. The van der Waals surface area contributed by atoms with Crippen LogP contribution in [0.1, 0.15) is 22.3 Å². The Labute approximate surface area is 171 Å². The zero-order valence-electron chi connectivity index (χ0n) is 16.5. The fourth-order valence-electron chi connectivity index (χ4n) is 3.52. The number of likely N-dealkylation sites (tertiary alicyclic amines) is 1. The second-order valence-electron chi connectivity index (χ2n) is 7.08. The van der Waals surface area contributed by atoms with E-state index in [-0.39, 0.29) is 11.8 Å². The summed E-state index contributed by atoms with van der Waals surface area (Å²) in [5, 5.41) is 8.45. The lowest BCUT2D eigenvalue weighted by Gasteiger charge is -2.36. The molecular weight excluding hydrogens is 386 g/mol. The van der Waals surface area contributed by atoms with Crippen molar-refractivity contribution in [1.29, 1.82) is 0 Å². The quantitative estimate of drug-likeness (QED) is 0.503. The van der Waals surface area contributed by atoms with Gasteiger partial charge in [0.15, 0.2) is 5.76 Å². The van der Waals surface area contributed by atoms with Gasteiger partial charge in [0.25, 0.3) is 5.91 Å². The molecule has 30 heavy (non-hydrogen) atoms. The maximum atomic E-state index is 13.0. The van der Waals surface area contributed by atoms with Crippen LogP contribution in [0.3, 0.4) is 0 Å². The van der Waals surface area contributed by atoms with E-state index in [1.165, 1.54) is 0 Å². The van der Waals surface area contributed by atoms with Crippen LogP contribution < -0.4 is 4.74 Å². The van der Waals surface area contributed by atoms with Crippen molar-refractivity contribution in [3.63, 3.8) is 0 Å². The molecule has 9 nitrogen and oxygen atoms in total. The van der Waals surface area contributed by atoms with Gasteiger partial charge in [-0.25, -0.2) is 0 Å². The number of aryl methyl sites for hydroxylation is 1. The number of benzene rings is 1. The summed E-state index contributed by atoms with van der Waals surface area (Å²) >= 11 is 0. The number of hydrogen-bond acceptors (Lipinski definition) is 7. The second-order valence-corrected chi connectivity index (χ2v) is 7.08. The first-order valence-electron chi connectivity index (χ1n) is 9.48. The molecule has 0 N–H and O–H groups in total. The highest BCUT2D eigenvalue weighted by Crippen LogP contribution is 2.31. The van der Waals surface area contributed by atoms with E-state index in [0.29, 0.717) is 47.7 Å². The predicted octanol–water partition coefficient (Wildman–Crippen LogP) is 2.98. The molecule has 0 bridgehead atoms. The first-order chi connectivity index (χ1) is 14.6. The van der Waals surface area contributed by atoms with E-state index in [4.69, 9.17) is 13.7 Å². The highest BCUT2D eigenvalue weighted by Gasteiger charge is 2.37. The highest BCUT2D eigenvalue weighted by atomic mass is 16.5. The number of carbonyl (C=O) groups is 1. The maximum Gasteiger partial charge on any atom is 0.272 e. The van der Waals surface area contributed by atoms with Crippen LogP contribution in [-0.2, 0) is 7.05 Å². The molecule has 152 valence electrons. The molecule has 0 saturated carbocycles. The molecule has 4 heterocycles. The standard InChI is InChI=1S/C21H19N5O4/c1-25-16(10-15(23-25)14-6-3-4-7-17(14)28-2)21(27)26-11-13(12-26)20-22-19(24-30-20)18-8-5-9-29-18/h3-10,13H,11-12H2,1-2H3. The second kappa shape index (κ2) is 7.18. The Morgan fingerprint density at radius 1 is 1.20 bits per heavy atom. The fraction of sp³-hybridized carbons (Fsp3) is 0.238. The van der Waals surface area contributed by atoms with Crippen LogP contribution in [0.15, 0.2) is 57.7 Å². The Hall–Kier alpha value is -3.88. The van der Waals surface area contributed by atoms with Crippen LogP contribution in [0, 0.1) is 0 Å². The molecule has 9 heteroatoms. The summed E-state index contributed by atoms with van der Waals surface area (Å²) in [6.45, 7) is 1.02. The first-order valence-corrected chi connectivity index (χ1v) is 9.48. The molecule has 4 aromatic rings. The van der Waals surface area contributed by atoms with Crippen LogP contribution >= 0.6 is 0 Å². The van der Waals surface area contributed by atoms with E-state index in [0.717, 1.165) is 5.56 Å². The predicted molar refractivity (Wildman–Crippen MR) is 106 cm³/mol. The molecule has 0 atom stereocenters. The van der Waals surface area contributed by atoms with Crippen LogP contribution in [0.4, 0.5) is 0 Å². The minimum atomic E-state index is -0.0897. The number of rotatable bonds is 5. The van der Waals surface area contributed by atoms with Crippen molar-refractivity contribution >= 4 is 5.91 Å². The van der Waals surface area contributed by atoms with Crippen LogP contribution in [0.25, 0.3) is 22.8 Å². The third-order valence-electron chi connectivity index (χ3n) is 5.18. The van der Waals surface area contributed by atoms with E-state index in [1.54, 1.807) is 48.2 Å². The largest absolute Gasteiger partial charge is 0.496 e. The average molecular weight is 405 g/mol. The van der Waals surface area contributed by atoms with Gasteiger partial charge in [0.05, 0.1) is 25.0 Å². The molecule has 0 unspecified atom stereocenters. The number of carbonyl (C=O) groups excluding carboxylic acids is 1. The SMILES string of the molecule is COc1ccccc1-c1cc(C(=O)N2CC(c3nc(-c4ccco4)no3)C2)n(C)n1. The van der Waals surface area contributed by atoms with Crippen molar-refractivity contribution in [3.8, 4) is 28.6 Å². The number of nitrogens with zero attached hydrogens (tertiary/aromatic N) is 5. The molecule has 5 rings (SSSR count). The maximum absolute atomic E-state index is 13.0. The van der Waals surface area contributed by atoms with Gasteiger partial charge in [-0.3, -0.25) is 9.48 Å². The van der Waals surface area contributed by atoms with Gasteiger partial charge in [0, 0.05) is 25.7 Å². The number of aromatic nitrogens is 4. The molecule has 0 spiro atoms. The lowest BCUT2D eigenvalue weighted by atomic mass is 9.99. The van der Waals surface area contributed by atoms with Gasteiger partial charge >= 0.3 is 0 Å². The lowest BCUT2D eigenvalue weighted by molar-refractivity contribution is 0.0558. The van der Waals surface area contributed by atoms with Crippen molar-refractivity contribution in [3.05, 3.63) is 60.3 Å². The smallest absolute Gasteiger partial charge is 0.272 e. The van der Waals surface area contributed by atoms with Crippen LogP contribution in [0.2, 0.25) is 0 Å². The topological polar surface area (TPSA) is 99.4 Å². The number of furan rings is 1. The molecule has 3 aromatic heterocycles. The Morgan fingerprint density at radius 2 is 2.03 bits per heavy atom. The Morgan fingerprint density at radius 3 is 2.80 bits per heavy atom. The molecule has 1 aliphatic rings. The zero-order chi connectivity index (χ0) is 20.7. The minimum Gasteiger partial charge on any atom is -0.496 e. The summed E-state index contributed by atoms with van der Waals surface area (Å²) in [6.07, 6.45) is 1.56. The van der Waals surface area contributed by atoms with Crippen molar-refractivity contribution in [1.82, 2.24) is 24.8 Å². The van der Waals surface area contributed by atoms with Gasteiger partial charge in [0.1, 0.15) is 11.4 Å². The third kappa shape index (κ3) is 3.04. The summed E-state index contributed by atoms with van der Waals surface area (Å²) in [5.74, 6) is 2.09. The van der Waals surface area contributed by atoms with Crippen molar-refractivity contribution in [2.24, 2.45) is 7.05 Å². The van der Waals surface area contributed by atoms with E-state index >= 15 is 0 Å². The Kier molecular flexibility index (Phi) is 4.35. The molecule has 0 aliphatic carbocycles. The van der Waals surface area contributed by atoms with Gasteiger partial charge in [-0.15, -0.1) is 0 Å². The summed E-state index contributed by atoms with van der Waals surface area (Å²) in [7, 11) is 3.37. The van der Waals surface area contributed by atoms with E-state index in [9.17, 15) is 4.79 Å². The first kappa shape index (κ1) is 18.2. The zero-order valence-corrected chi connectivity index (χ0v) is 16.5. The van der Waals surface area contributed by atoms with Gasteiger partial charge in [-0.05, 0) is 30.3 Å². The van der Waals surface area contributed by atoms with Gasteiger partial charge < -0.3 is 18.6 Å². The van der Waals surface area contributed by atoms with Gasteiger partial charge in [-0.1, -0.05) is 17.3 Å². The minimum absolute atomic E-state index is 0.00655. The van der Waals surface area contributed by atoms with E-state index in [2.05, 4.69) is 15.2 Å². The van der Waals surface area contributed by atoms with Gasteiger partial charge in [0.2, 0.25) is 11.7 Å². The molecule has 1 aliphatic heterocycles. The molecule has 0 radical (unpaired) electrons. The number of amides is 1. The number of para-hydroxylation sites is 1.